The Morgan fingerprint density at radius 3 is 2.14 bits per heavy atom. The van der Waals surface area contributed by atoms with E-state index in [2.05, 4.69) is 22.0 Å². The molecule has 0 bridgehead atoms. The van der Waals surface area contributed by atoms with Gasteiger partial charge in [0, 0.05) is 17.8 Å². The van der Waals surface area contributed by atoms with Crippen LogP contribution in [0.5, 0.6) is 0 Å². The van der Waals surface area contributed by atoms with E-state index < -0.39 is 24.0 Å². The second kappa shape index (κ2) is 12.6. The summed E-state index contributed by atoms with van der Waals surface area (Å²) in [5.41, 5.74) is 6.42. The van der Waals surface area contributed by atoms with E-state index in [0.29, 0.717) is 12.2 Å². The summed E-state index contributed by atoms with van der Waals surface area (Å²) in [4.78, 5) is 36.3. The third-order valence-corrected chi connectivity index (χ3v) is 5.51. The number of hydroxylamine groups is 1. The van der Waals surface area contributed by atoms with E-state index in [0.717, 1.165) is 16.7 Å². The highest BCUT2D eigenvalue weighted by Gasteiger charge is 2.25. The van der Waals surface area contributed by atoms with E-state index >= 15 is 0 Å². The number of carbonyl (C=O) groups excluding carboxylic acids is 3. The van der Waals surface area contributed by atoms with Gasteiger partial charge in [-0.15, -0.1) is 0 Å². The Balaban J connectivity index is 1.53. The van der Waals surface area contributed by atoms with Crippen molar-refractivity contribution in [3.63, 3.8) is 0 Å². The molecule has 3 rings (SSSR count). The Morgan fingerprint density at radius 2 is 1.56 bits per heavy atom. The van der Waals surface area contributed by atoms with Crippen LogP contribution in [0.4, 0.5) is 5.69 Å². The van der Waals surface area contributed by atoms with E-state index in [1.165, 1.54) is 18.0 Å². The largest absolute Gasteiger partial charge is 0.391 e. The predicted molar refractivity (Wildman–Crippen MR) is 136 cm³/mol. The fraction of sp³-hybridized carbons (Fsp3) is 0.222. The molecule has 0 aromatic heterocycles. The highest BCUT2D eigenvalue weighted by atomic mass is 16.5. The van der Waals surface area contributed by atoms with Crippen LogP contribution in [-0.4, -0.2) is 46.7 Å². The average Bonchev–Trinajstić information content (AvgIpc) is 2.87. The van der Waals surface area contributed by atoms with Crippen molar-refractivity contribution in [1.29, 1.82) is 0 Å². The quantitative estimate of drug-likeness (QED) is 0.191. The SMILES string of the molecule is Cc1cccc(CNCC(=O)Nc2ccc(-c3ccc(C(=O)N[C@H](C(=O)NO)[C@@H](C)O)cc3)cc2)c1. The van der Waals surface area contributed by atoms with Crippen molar-refractivity contribution in [1.82, 2.24) is 16.1 Å². The molecule has 0 saturated carbocycles. The van der Waals surface area contributed by atoms with Crippen molar-refractivity contribution in [2.45, 2.75) is 32.5 Å². The number of hydrogen-bond donors (Lipinski definition) is 6. The van der Waals surface area contributed by atoms with E-state index in [9.17, 15) is 19.5 Å². The third-order valence-electron chi connectivity index (χ3n) is 5.51. The number of rotatable bonds is 10. The molecule has 3 aromatic rings. The zero-order valence-corrected chi connectivity index (χ0v) is 20.1. The summed E-state index contributed by atoms with van der Waals surface area (Å²) in [6.45, 7) is 4.16. The molecule has 0 saturated heterocycles. The van der Waals surface area contributed by atoms with Gasteiger partial charge in [0.05, 0.1) is 12.6 Å². The minimum absolute atomic E-state index is 0.142. The Morgan fingerprint density at radius 1 is 0.917 bits per heavy atom. The van der Waals surface area contributed by atoms with Crippen LogP contribution < -0.4 is 21.4 Å². The lowest BCUT2D eigenvalue weighted by Crippen LogP contribution is -2.51. The van der Waals surface area contributed by atoms with Crippen molar-refractivity contribution in [2.75, 3.05) is 11.9 Å². The van der Waals surface area contributed by atoms with Gasteiger partial charge in [0.2, 0.25) is 5.91 Å². The minimum atomic E-state index is -1.29. The number of nitrogens with one attached hydrogen (secondary N) is 4. The number of benzene rings is 3. The molecule has 0 aliphatic heterocycles. The van der Waals surface area contributed by atoms with Gasteiger partial charge in [-0.1, -0.05) is 54.1 Å². The minimum Gasteiger partial charge on any atom is -0.391 e. The van der Waals surface area contributed by atoms with Crippen LogP contribution in [0, 0.1) is 6.92 Å². The van der Waals surface area contributed by atoms with Crippen LogP contribution in [0.25, 0.3) is 11.1 Å². The summed E-state index contributed by atoms with van der Waals surface area (Å²) in [5.74, 6) is -1.62. The van der Waals surface area contributed by atoms with Crippen LogP contribution in [0.15, 0.2) is 72.8 Å². The fourth-order valence-electron chi connectivity index (χ4n) is 3.61. The number of aliphatic hydroxyl groups is 1. The monoisotopic (exact) mass is 490 g/mol. The standard InChI is InChI=1S/C27H30N4O5/c1-17-4-3-5-19(14-17)15-28-16-24(33)29-23-12-10-21(11-13-23)20-6-8-22(9-7-20)26(34)30-25(18(2)32)27(35)31-36/h3-14,18,25,28,32,36H,15-16H2,1-2H3,(H,29,33)(H,30,34)(H,31,35)/t18-,25+/m1/s1. The molecule has 9 heteroatoms. The Labute approximate surface area is 209 Å². The molecule has 6 N–H and O–H groups in total. The van der Waals surface area contributed by atoms with Gasteiger partial charge in [0.15, 0.2) is 0 Å². The first-order valence-electron chi connectivity index (χ1n) is 11.5. The van der Waals surface area contributed by atoms with Gasteiger partial charge in [-0.3, -0.25) is 19.6 Å². The summed E-state index contributed by atoms with van der Waals surface area (Å²) in [5, 5.41) is 26.8. The summed E-state index contributed by atoms with van der Waals surface area (Å²) >= 11 is 0. The molecular weight excluding hydrogens is 460 g/mol. The van der Waals surface area contributed by atoms with Crippen molar-refractivity contribution < 1.29 is 24.7 Å². The second-order valence-corrected chi connectivity index (χ2v) is 8.46. The van der Waals surface area contributed by atoms with Crippen molar-refractivity contribution in [3.8, 4) is 11.1 Å². The maximum Gasteiger partial charge on any atom is 0.268 e. The van der Waals surface area contributed by atoms with E-state index in [1.54, 1.807) is 36.4 Å². The smallest absolute Gasteiger partial charge is 0.268 e. The molecule has 3 aromatic carbocycles. The zero-order chi connectivity index (χ0) is 26.1. The van der Waals surface area contributed by atoms with Crippen LogP contribution in [0.2, 0.25) is 0 Å². The maximum absolute atomic E-state index is 12.4. The molecule has 0 heterocycles. The highest BCUT2D eigenvalue weighted by molar-refractivity contribution is 5.98. The molecule has 0 unspecified atom stereocenters. The molecule has 9 nitrogen and oxygen atoms in total. The lowest BCUT2D eigenvalue weighted by Gasteiger charge is -2.19. The van der Waals surface area contributed by atoms with Crippen molar-refractivity contribution in [2.24, 2.45) is 0 Å². The lowest BCUT2D eigenvalue weighted by atomic mass is 10.0. The third kappa shape index (κ3) is 7.47. The Kier molecular flexibility index (Phi) is 9.29. The molecule has 0 fully saturated rings. The first kappa shape index (κ1) is 26.6. The molecular formula is C27H30N4O5. The summed E-state index contributed by atoms with van der Waals surface area (Å²) in [7, 11) is 0. The number of carbonyl (C=O) groups is 3. The molecule has 3 amide bonds. The van der Waals surface area contributed by atoms with Gasteiger partial charge < -0.3 is 21.1 Å². The zero-order valence-electron chi connectivity index (χ0n) is 20.1. The first-order valence-corrected chi connectivity index (χ1v) is 11.5. The van der Waals surface area contributed by atoms with Crippen LogP contribution in [0.1, 0.15) is 28.4 Å². The van der Waals surface area contributed by atoms with Crippen molar-refractivity contribution >= 4 is 23.4 Å². The summed E-state index contributed by atoms with van der Waals surface area (Å²) in [6.07, 6.45) is -1.19. The second-order valence-electron chi connectivity index (χ2n) is 8.46. The van der Waals surface area contributed by atoms with Crippen molar-refractivity contribution in [3.05, 3.63) is 89.5 Å². The number of hydrogen-bond acceptors (Lipinski definition) is 6. The van der Waals surface area contributed by atoms with Gasteiger partial charge in [-0.2, -0.15) is 0 Å². The molecule has 188 valence electrons. The highest BCUT2D eigenvalue weighted by Crippen LogP contribution is 2.22. The Hall–Kier alpha value is -4.05. The number of aryl methyl sites for hydroxylation is 1. The molecule has 0 radical (unpaired) electrons. The number of anilines is 1. The fourth-order valence-corrected chi connectivity index (χ4v) is 3.61. The van der Waals surface area contributed by atoms with Gasteiger partial charge >= 0.3 is 0 Å². The molecule has 36 heavy (non-hydrogen) atoms. The van der Waals surface area contributed by atoms with Crippen LogP contribution in [-0.2, 0) is 16.1 Å². The average molecular weight is 491 g/mol. The number of aliphatic hydroxyl groups excluding tert-OH is 1. The lowest BCUT2D eigenvalue weighted by molar-refractivity contribution is -0.133. The normalized spacial score (nSPS) is 12.3. The predicted octanol–water partition coefficient (Wildman–Crippen LogP) is 2.37. The molecule has 0 spiro atoms. The van der Waals surface area contributed by atoms with Crippen LogP contribution >= 0.6 is 0 Å². The summed E-state index contributed by atoms with van der Waals surface area (Å²) in [6, 6.07) is 20.8. The molecule has 0 aliphatic carbocycles. The van der Waals surface area contributed by atoms with Crippen LogP contribution in [0.3, 0.4) is 0 Å². The first-order chi connectivity index (χ1) is 17.3. The van der Waals surface area contributed by atoms with E-state index in [-0.39, 0.29) is 18.0 Å². The maximum atomic E-state index is 12.4. The Bertz CT molecular complexity index is 1190. The number of amides is 3. The van der Waals surface area contributed by atoms with E-state index in [4.69, 9.17) is 5.21 Å². The van der Waals surface area contributed by atoms with Gasteiger partial charge in [-0.05, 0) is 54.8 Å². The van der Waals surface area contributed by atoms with E-state index in [1.807, 2.05) is 37.3 Å². The topological polar surface area (TPSA) is 140 Å². The molecule has 2 atom stereocenters. The molecule has 0 aliphatic rings. The van der Waals surface area contributed by atoms with Gasteiger partial charge in [0.25, 0.3) is 11.8 Å². The summed E-state index contributed by atoms with van der Waals surface area (Å²) < 4.78 is 0. The van der Waals surface area contributed by atoms with Gasteiger partial charge in [-0.25, -0.2) is 5.48 Å². The van der Waals surface area contributed by atoms with Gasteiger partial charge in [0.1, 0.15) is 6.04 Å².